The van der Waals surface area contributed by atoms with Gasteiger partial charge < -0.3 is 0 Å². The zero-order valence-electron chi connectivity index (χ0n) is 23.4. The number of thiophene rings is 1. The first kappa shape index (κ1) is 27.2. The third kappa shape index (κ3) is 4.82. The van der Waals surface area contributed by atoms with Crippen molar-refractivity contribution in [2.45, 2.75) is 16.2 Å². The maximum Gasteiger partial charge on any atom is 0.184 e. The fourth-order valence-corrected chi connectivity index (χ4v) is 7.99. The normalized spacial score (nSPS) is 15.2. The summed E-state index contributed by atoms with van der Waals surface area (Å²) in [6, 6.07) is 30.7. The third-order valence-electron chi connectivity index (χ3n) is 8.04. The summed E-state index contributed by atoms with van der Waals surface area (Å²) in [5.74, 6) is 0.134. The highest BCUT2D eigenvalue weighted by molar-refractivity contribution is 7.92. The van der Waals surface area contributed by atoms with Gasteiger partial charge in [-0.1, -0.05) is 91.0 Å². The summed E-state index contributed by atoms with van der Waals surface area (Å²) in [4.78, 5) is 9.83. The summed E-state index contributed by atoms with van der Waals surface area (Å²) in [5.41, 5.74) is 5.18. The molecule has 1 aliphatic carbocycles. The van der Waals surface area contributed by atoms with Crippen LogP contribution < -0.4 is 0 Å². The molecule has 0 bridgehead atoms. The minimum atomic E-state index is -3.31. The molecule has 1 aliphatic rings. The van der Waals surface area contributed by atoms with Crippen LogP contribution in [0.5, 0.6) is 0 Å². The van der Waals surface area contributed by atoms with Crippen molar-refractivity contribution in [3.8, 4) is 21.7 Å². The smallest absolute Gasteiger partial charge is 0.184 e. The van der Waals surface area contributed by atoms with Gasteiger partial charge in [0.25, 0.3) is 0 Å². The van der Waals surface area contributed by atoms with Crippen LogP contribution in [0.4, 0.5) is 0 Å². The number of aromatic nitrogens is 4. The van der Waals surface area contributed by atoms with E-state index in [1.165, 1.54) is 23.9 Å². The van der Waals surface area contributed by atoms with E-state index in [-0.39, 0.29) is 5.92 Å². The Morgan fingerprint density at radius 2 is 1.60 bits per heavy atom. The van der Waals surface area contributed by atoms with Crippen LogP contribution in [-0.4, -0.2) is 34.4 Å². The summed E-state index contributed by atoms with van der Waals surface area (Å²) < 4.78 is 26.7. The van der Waals surface area contributed by atoms with Crippen LogP contribution >= 0.6 is 11.3 Å². The summed E-state index contributed by atoms with van der Waals surface area (Å²) in [6.07, 6.45) is 16.4. The third-order valence-corrected chi connectivity index (χ3v) is 10.9. The maximum atomic E-state index is 12.1. The lowest BCUT2D eigenvalue weighted by Gasteiger charge is -2.41. The topological polar surface area (TPSA) is 77.7 Å². The molecule has 0 amide bonds. The number of allylic oxidation sites excluding steroid dienone is 4. The van der Waals surface area contributed by atoms with Crippen molar-refractivity contribution in [3.63, 3.8) is 0 Å². The number of hydrogen-bond acceptors (Lipinski definition) is 6. The van der Waals surface area contributed by atoms with Gasteiger partial charge in [0, 0.05) is 29.3 Å². The Hall–Kier alpha value is -4.66. The van der Waals surface area contributed by atoms with Crippen LogP contribution in [0.1, 0.15) is 17.5 Å². The van der Waals surface area contributed by atoms with E-state index in [9.17, 15) is 8.42 Å². The molecule has 8 heteroatoms. The van der Waals surface area contributed by atoms with Crippen molar-refractivity contribution in [2.75, 3.05) is 6.26 Å². The first-order valence-corrected chi connectivity index (χ1v) is 16.7. The fraction of sp³-hybridized carbons (Fsp3) is 0.114. The van der Waals surface area contributed by atoms with Gasteiger partial charge in [-0.25, -0.2) is 18.4 Å². The van der Waals surface area contributed by atoms with Crippen LogP contribution in [0.25, 0.3) is 32.6 Å². The Balaban J connectivity index is 1.39. The molecule has 6 aromatic rings. The van der Waals surface area contributed by atoms with Crippen molar-refractivity contribution in [3.05, 3.63) is 145 Å². The SMILES string of the molecule is CS(=O)(=O)c1ccc(-c2ncnc3ccc(-c4cnn(C(c5ccccc5)(c5ccccc5)C5C=CC=CC5)c4)cc23)s1. The highest BCUT2D eigenvalue weighted by Gasteiger charge is 2.43. The Bertz CT molecular complexity index is 2060. The van der Waals surface area contributed by atoms with Gasteiger partial charge in [-0.15, -0.1) is 11.3 Å². The van der Waals surface area contributed by atoms with E-state index in [0.717, 1.165) is 44.5 Å². The van der Waals surface area contributed by atoms with Gasteiger partial charge in [-0.05, 0) is 47.4 Å². The molecule has 0 aliphatic heterocycles. The lowest BCUT2D eigenvalue weighted by molar-refractivity contribution is 0.293. The van der Waals surface area contributed by atoms with Crippen molar-refractivity contribution in [1.29, 1.82) is 0 Å². The van der Waals surface area contributed by atoms with Crippen molar-refractivity contribution in [2.24, 2.45) is 5.92 Å². The summed E-state index contributed by atoms with van der Waals surface area (Å²) >= 11 is 1.22. The Morgan fingerprint density at radius 3 is 2.26 bits per heavy atom. The van der Waals surface area contributed by atoms with Crippen molar-refractivity contribution < 1.29 is 8.42 Å². The second-order valence-electron chi connectivity index (χ2n) is 10.7. The van der Waals surface area contributed by atoms with Crippen molar-refractivity contribution in [1.82, 2.24) is 19.7 Å². The van der Waals surface area contributed by atoms with Crippen LogP contribution in [0, 0.1) is 5.92 Å². The number of hydrogen-bond donors (Lipinski definition) is 0. The molecule has 0 spiro atoms. The lowest BCUT2D eigenvalue weighted by atomic mass is 9.70. The summed E-state index contributed by atoms with van der Waals surface area (Å²) in [6.45, 7) is 0. The molecule has 0 N–H and O–H groups in total. The highest BCUT2D eigenvalue weighted by Crippen LogP contribution is 2.44. The quantitative estimate of drug-likeness (QED) is 0.189. The molecule has 7 rings (SSSR count). The maximum absolute atomic E-state index is 12.1. The van der Waals surface area contributed by atoms with E-state index in [1.54, 1.807) is 6.07 Å². The van der Waals surface area contributed by atoms with Gasteiger partial charge in [-0.2, -0.15) is 5.10 Å². The average Bonchev–Trinajstić information content (AvgIpc) is 3.74. The molecule has 0 saturated carbocycles. The Kier molecular flexibility index (Phi) is 6.88. The number of benzene rings is 3. The van der Waals surface area contributed by atoms with Gasteiger partial charge in [-0.3, -0.25) is 4.68 Å². The molecular weight excluding hydrogens is 573 g/mol. The highest BCUT2D eigenvalue weighted by atomic mass is 32.2. The lowest BCUT2D eigenvalue weighted by Crippen LogP contribution is -2.43. The number of fused-ring (bicyclic) bond motifs is 1. The van der Waals surface area contributed by atoms with E-state index >= 15 is 0 Å². The summed E-state index contributed by atoms with van der Waals surface area (Å²) in [5, 5.41) is 5.90. The van der Waals surface area contributed by atoms with Crippen LogP contribution in [0.3, 0.4) is 0 Å². The number of sulfone groups is 1. The van der Waals surface area contributed by atoms with Gasteiger partial charge in [0.2, 0.25) is 0 Å². The van der Waals surface area contributed by atoms with Crippen LogP contribution in [-0.2, 0) is 15.4 Å². The molecule has 212 valence electrons. The molecule has 1 atom stereocenters. The number of rotatable bonds is 7. The molecular formula is C35H28N4O2S2. The largest absolute Gasteiger partial charge is 0.256 e. The fourth-order valence-electron chi connectivity index (χ4n) is 6.05. The van der Waals surface area contributed by atoms with Gasteiger partial charge in [0.05, 0.1) is 22.3 Å². The second kappa shape index (κ2) is 10.9. The standard InChI is InChI=1S/C35H28N4O2S2/c1-43(40,41)33-20-19-32(42-33)34-30-21-25(17-18-31(30)36-24-37-34)26-22-38-39(23-26)35(27-11-5-2-6-12-27,28-13-7-3-8-14-28)29-15-9-4-10-16-29/h2-15,17-24,29H,16H2,1H3. The molecule has 3 aromatic carbocycles. The monoisotopic (exact) mass is 600 g/mol. The molecule has 0 radical (unpaired) electrons. The van der Waals surface area contributed by atoms with Crippen LogP contribution in [0.2, 0.25) is 0 Å². The molecule has 0 saturated heterocycles. The van der Waals surface area contributed by atoms with E-state index in [2.05, 4.69) is 99.7 Å². The van der Waals surface area contributed by atoms with E-state index in [1.807, 2.05) is 36.5 Å². The Labute approximate surface area is 254 Å². The summed E-state index contributed by atoms with van der Waals surface area (Å²) in [7, 11) is -3.31. The van der Waals surface area contributed by atoms with Gasteiger partial charge >= 0.3 is 0 Å². The Morgan fingerprint density at radius 1 is 0.860 bits per heavy atom. The molecule has 3 heterocycles. The van der Waals surface area contributed by atoms with Gasteiger partial charge in [0.1, 0.15) is 16.1 Å². The van der Waals surface area contributed by atoms with E-state index in [4.69, 9.17) is 5.10 Å². The molecule has 0 fully saturated rings. The molecule has 1 unspecified atom stereocenters. The zero-order chi connectivity index (χ0) is 29.4. The predicted molar refractivity (Wildman–Crippen MR) is 173 cm³/mol. The first-order valence-electron chi connectivity index (χ1n) is 14.0. The van der Waals surface area contributed by atoms with Crippen molar-refractivity contribution >= 4 is 32.1 Å². The zero-order valence-corrected chi connectivity index (χ0v) is 25.0. The predicted octanol–water partition coefficient (Wildman–Crippen LogP) is 7.55. The molecule has 6 nitrogen and oxygen atoms in total. The minimum absolute atomic E-state index is 0.134. The molecule has 3 aromatic heterocycles. The first-order chi connectivity index (χ1) is 20.9. The van der Waals surface area contributed by atoms with Crippen LogP contribution in [0.15, 0.2) is 138 Å². The number of nitrogens with zero attached hydrogens (tertiary/aromatic N) is 4. The van der Waals surface area contributed by atoms with E-state index in [0.29, 0.717) is 9.90 Å². The minimum Gasteiger partial charge on any atom is -0.256 e. The average molecular weight is 601 g/mol. The second-order valence-corrected chi connectivity index (χ2v) is 14.0. The molecule has 43 heavy (non-hydrogen) atoms. The van der Waals surface area contributed by atoms with Gasteiger partial charge in [0.15, 0.2) is 9.84 Å². The van der Waals surface area contributed by atoms with E-state index < -0.39 is 15.4 Å².